The fourth-order valence-electron chi connectivity index (χ4n) is 1.29. The minimum absolute atomic E-state index is 0.0168. The molecule has 0 saturated carbocycles. The van der Waals surface area contributed by atoms with Gasteiger partial charge in [0.25, 0.3) is 0 Å². The second kappa shape index (κ2) is 5.93. The van der Waals surface area contributed by atoms with E-state index in [1.54, 1.807) is 13.8 Å². The van der Waals surface area contributed by atoms with Crippen LogP contribution in [0.3, 0.4) is 0 Å². The van der Waals surface area contributed by atoms with Gasteiger partial charge in [0.05, 0.1) is 13.2 Å². The van der Waals surface area contributed by atoms with Gasteiger partial charge < -0.3 is 9.47 Å². The molecule has 6 heteroatoms. The van der Waals surface area contributed by atoms with Crippen LogP contribution in [0.15, 0.2) is 16.3 Å². The Balaban J connectivity index is 3.10. The monoisotopic (exact) mass is 239 g/mol. The number of aliphatic imine (C=N–C) groups is 1. The lowest BCUT2D eigenvalue weighted by Crippen LogP contribution is -2.24. The van der Waals surface area contributed by atoms with Crippen LogP contribution in [0.4, 0.5) is 0 Å². The molecule has 0 atom stereocenters. The Bertz CT molecular complexity index is 408. The van der Waals surface area contributed by atoms with E-state index in [1.165, 1.54) is 6.21 Å². The van der Waals surface area contributed by atoms with E-state index >= 15 is 0 Å². The quantitative estimate of drug-likeness (QED) is 0.524. The number of hydrogen-bond acceptors (Lipinski definition) is 6. The van der Waals surface area contributed by atoms with Gasteiger partial charge in [-0.15, -0.1) is 0 Å². The molecular formula is C11H13NO5. The highest BCUT2D eigenvalue weighted by atomic mass is 16.5. The van der Waals surface area contributed by atoms with Gasteiger partial charge in [-0.25, -0.2) is 9.59 Å². The number of hydrogen-bond donors (Lipinski definition) is 0. The van der Waals surface area contributed by atoms with Gasteiger partial charge in [0.15, 0.2) is 11.5 Å². The zero-order valence-corrected chi connectivity index (χ0v) is 9.69. The van der Waals surface area contributed by atoms with Crippen molar-refractivity contribution in [1.29, 1.82) is 0 Å². The van der Waals surface area contributed by atoms with Crippen molar-refractivity contribution < 1.29 is 23.9 Å². The minimum Gasteiger partial charge on any atom is -0.462 e. The summed E-state index contributed by atoms with van der Waals surface area (Å²) in [5.74, 6) is -2.11. The molecule has 1 heterocycles. The number of carbonyl (C=O) groups is 3. The van der Waals surface area contributed by atoms with E-state index in [4.69, 9.17) is 9.47 Å². The van der Waals surface area contributed by atoms with E-state index in [9.17, 15) is 14.4 Å². The zero-order chi connectivity index (χ0) is 12.8. The van der Waals surface area contributed by atoms with Gasteiger partial charge in [-0.1, -0.05) is 0 Å². The van der Waals surface area contributed by atoms with Gasteiger partial charge in [0.2, 0.25) is 0 Å². The van der Waals surface area contributed by atoms with E-state index in [1.807, 2.05) is 0 Å². The maximum absolute atomic E-state index is 11.6. The standard InChI is InChI=1S/C11H13NO5/c1-3-16-10(14)8-7(13)5-6-12-9(8)11(15)17-4-2/h6H,3-5H2,1-2H3. The first kappa shape index (κ1) is 13.1. The molecule has 0 spiro atoms. The summed E-state index contributed by atoms with van der Waals surface area (Å²) >= 11 is 0. The summed E-state index contributed by atoms with van der Waals surface area (Å²) in [4.78, 5) is 38.4. The Morgan fingerprint density at radius 2 is 1.82 bits per heavy atom. The maximum Gasteiger partial charge on any atom is 0.357 e. The lowest BCUT2D eigenvalue weighted by molar-refractivity contribution is -0.143. The molecule has 0 radical (unpaired) electrons. The Kier molecular flexibility index (Phi) is 4.56. The number of nitrogens with zero attached hydrogens (tertiary/aromatic N) is 1. The SMILES string of the molecule is CCOC(=O)C1=C(C(=O)OCC)C(=O)CC=N1. The highest BCUT2D eigenvalue weighted by Crippen LogP contribution is 2.17. The first-order valence-corrected chi connectivity index (χ1v) is 5.26. The summed E-state index contributed by atoms with van der Waals surface area (Å²) in [6, 6.07) is 0. The summed E-state index contributed by atoms with van der Waals surface area (Å²) in [5, 5.41) is 0. The van der Waals surface area contributed by atoms with Crippen LogP contribution < -0.4 is 0 Å². The molecule has 6 nitrogen and oxygen atoms in total. The fraction of sp³-hybridized carbons (Fsp3) is 0.455. The van der Waals surface area contributed by atoms with Crippen molar-refractivity contribution in [2.24, 2.45) is 4.99 Å². The number of rotatable bonds is 4. The van der Waals surface area contributed by atoms with Gasteiger partial charge in [-0.3, -0.25) is 9.79 Å². The van der Waals surface area contributed by atoms with E-state index in [2.05, 4.69) is 4.99 Å². The molecule has 17 heavy (non-hydrogen) atoms. The van der Waals surface area contributed by atoms with Crippen LogP contribution in [0.1, 0.15) is 20.3 Å². The smallest absolute Gasteiger partial charge is 0.357 e. The lowest BCUT2D eigenvalue weighted by atomic mass is 10.0. The average Bonchev–Trinajstić information content (AvgIpc) is 2.29. The van der Waals surface area contributed by atoms with Gasteiger partial charge in [0.1, 0.15) is 5.57 Å². The van der Waals surface area contributed by atoms with Crippen molar-refractivity contribution in [2.45, 2.75) is 20.3 Å². The fourth-order valence-corrected chi connectivity index (χ4v) is 1.29. The molecule has 0 fully saturated rings. The van der Waals surface area contributed by atoms with Crippen molar-refractivity contribution in [3.05, 3.63) is 11.3 Å². The van der Waals surface area contributed by atoms with Crippen molar-refractivity contribution >= 4 is 23.9 Å². The third-order valence-corrected chi connectivity index (χ3v) is 1.96. The molecule has 1 aliphatic heterocycles. The van der Waals surface area contributed by atoms with E-state index in [0.29, 0.717) is 0 Å². The van der Waals surface area contributed by atoms with Crippen LogP contribution >= 0.6 is 0 Å². The van der Waals surface area contributed by atoms with E-state index in [0.717, 1.165) is 0 Å². The molecule has 92 valence electrons. The third kappa shape index (κ3) is 2.99. The normalized spacial score (nSPS) is 14.8. The third-order valence-electron chi connectivity index (χ3n) is 1.96. The molecule has 0 unspecified atom stereocenters. The predicted molar refractivity (Wildman–Crippen MR) is 58.4 cm³/mol. The second-order valence-electron chi connectivity index (χ2n) is 3.10. The largest absolute Gasteiger partial charge is 0.462 e. The van der Waals surface area contributed by atoms with Crippen LogP contribution in [0, 0.1) is 0 Å². The molecule has 1 rings (SSSR count). The Morgan fingerprint density at radius 3 is 2.41 bits per heavy atom. The molecular weight excluding hydrogens is 226 g/mol. The highest BCUT2D eigenvalue weighted by molar-refractivity contribution is 6.25. The van der Waals surface area contributed by atoms with Crippen LogP contribution in [0.25, 0.3) is 0 Å². The summed E-state index contributed by atoms with van der Waals surface area (Å²) in [5.41, 5.74) is -0.602. The molecule has 1 aliphatic rings. The Hall–Kier alpha value is -1.98. The summed E-state index contributed by atoms with van der Waals surface area (Å²) in [7, 11) is 0. The van der Waals surface area contributed by atoms with Crippen molar-refractivity contribution in [3.8, 4) is 0 Å². The molecule has 0 aromatic heterocycles. The molecule has 0 aromatic carbocycles. The summed E-state index contributed by atoms with van der Waals surface area (Å²) in [6.07, 6.45) is 1.26. The van der Waals surface area contributed by atoms with Gasteiger partial charge in [-0.05, 0) is 13.8 Å². The number of esters is 2. The molecule has 0 saturated heterocycles. The minimum atomic E-state index is -0.836. The molecule has 0 amide bonds. The van der Waals surface area contributed by atoms with Crippen molar-refractivity contribution in [3.63, 3.8) is 0 Å². The predicted octanol–water partition coefficient (Wildman–Crippen LogP) is 0.410. The Morgan fingerprint density at radius 1 is 1.24 bits per heavy atom. The zero-order valence-electron chi connectivity index (χ0n) is 9.69. The van der Waals surface area contributed by atoms with Crippen LogP contribution in [-0.2, 0) is 23.9 Å². The number of ketones is 1. The number of Topliss-reactive ketones (excluding diaryl/α,β-unsaturated/α-hetero) is 1. The first-order valence-electron chi connectivity index (χ1n) is 5.26. The lowest BCUT2D eigenvalue weighted by Gasteiger charge is -2.11. The molecule has 0 aromatic rings. The van der Waals surface area contributed by atoms with Gasteiger partial charge in [-0.2, -0.15) is 0 Å². The second-order valence-corrected chi connectivity index (χ2v) is 3.10. The molecule has 0 aliphatic carbocycles. The van der Waals surface area contributed by atoms with Crippen LogP contribution in [-0.4, -0.2) is 37.2 Å². The number of carbonyl (C=O) groups excluding carboxylic acids is 3. The molecule has 0 bridgehead atoms. The van der Waals surface area contributed by atoms with Crippen molar-refractivity contribution in [2.75, 3.05) is 13.2 Å². The highest BCUT2D eigenvalue weighted by Gasteiger charge is 2.30. The maximum atomic E-state index is 11.6. The summed E-state index contributed by atoms with van der Waals surface area (Å²) < 4.78 is 9.43. The molecule has 0 N–H and O–H groups in total. The van der Waals surface area contributed by atoms with Crippen LogP contribution in [0.5, 0.6) is 0 Å². The topological polar surface area (TPSA) is 82.0 Å². The van der Waals surface area contributed by atoms with Crippen molar-refractivity contribution in [1.82, 2.24) is 0 Å². The van der Waals surface area contributed by atoms with Crippen LogP contribution in [0.2, 0.25) is 0 Å². The first-order chi connectivity index (χ1) is 8.11. The summed E-state index contributed by atoms with van der Waals surface area (Å²) in [6.45, 7) is 3.49. The number of ether oxygens (including phenoxy) is 2. The van der Waals surface area contributed by atoms with Gasteiger partial charge >= 0.3 is 11.9 Å². The van der Waals surface area contributed by atoms with E-state index in [-0.39, 0.29) is 30.9 Å². The average molecular weight is 239 g/mol. The van der Waals surface area contributed by atoms with Gasteiger partial charge in [0, 0.05) is 12.6 Å². The Labute approximate surface area is 98.3 Å². The van der Waals surface area contributed by atoms with E-state index < -0.39 is 17.7 Å².